The van der Waals surface area contributed by atoms with Crippen LogP contribution in [-0.4, -0.2) is 23.1 Å². The Morgan fingerprint density at radius 3 is 1.00 bits per heavy atom. The van der Waals surface area contributed by atoms with Gasteiger partial charge in [-0.25, -0.2) is 0 Å². The smallest absolute Gasteiger partial charge is 0 e. The van der Waals surface area contributed by atoms with Gasteiger partial charge < -0.3 is 0 Å². The van der Waals surface area contributed by atoms with Gasteiger partial charge in [0.25, 0.3) is 0 Å². The molecule has 0 amide bonds. The van der Waals surface area contributed by atoms with Gasteiger partial charge in [0, 0.05) is 133 Å². The minimum atomic E-state index is 0. The summed E-state index contributed by atoms with van der Waals surface area (Å²) in [4.78, 5) is 0. The fraction of sp³-hybridized carbons (Fsp3) is 0. The minimum absolute atomic E-state index is 0. The molecule has 4 heteroatoms. The topological polar surface area (TPSA) is 0 Å². The Labute approximate surface area is 129 Å². The molecule has 0 aliphatic carbocycles. The molecule has 0 nitrogen and oxygen atoms in total. The maximum atomic E-state index is 0. The molecule has 0 rings (SSSR count). The summed E-state index contributed by atoms with van der Waals surface area (Å²) >= 11 is 0. The molecule has 0 saturated heterocycles. The Bertz CT molecular complexity index is 8.00. The normalized spacial score (nSPS) is 0. The molecule has 0 fully saturated rings. The predicted octanol–water partition coefficient (Wildman–Crippen LogP) is -0.383. The molecular weight excluding hydrogens is 392 g/mol. The third-order valence-corrected chi connectivity index (χ3v) is 0. The first-order valence-electron chi connectivity index (χ1n) is 0. The van der Waals surface area contributed by atoms with Crippen LogP contribution in [-0.2, 0) is 32.7 Å². The van der Waals surface area contributed by atoms with Crippen molar-refractivity contribution < 1.29 is 110 Å². The molecule has 4 radical (unpaired) electrons. The van der Waals surface area contributed by atoms with Crippen LogP contribution in [0, 0.1) is 77.3 Å². The second kappa shape index (κ2) is 15.7. The van der Waals surface area contributed by atoms with Gasteiger partial charge >= 0.3 is 0 Å². The molecule has 0 aromatic carbocycles. The number of hydrogen-bond donors (Lipinski definition) is 0. The summed E-state index contributed by atoms with van der Waals surface area (Å²) in [6, 6.07) is 0. The molecule has 0 aliphatic rings. The quantitative estimate of drug-likeness (QED) is 0.493. The van der Waals surface area contributed by atoms with E-state index in [1.165, 1.54) is 0 Å². The fourth-order valence-corrected chi connectivity index (χ4v) is 0. The Morgan fingerprint density at radius 2 is 1.00 bits per heavy atom. The van der Waals surface area contributed by atoms with E-state index in [1.54, 1.807) is 0 Å². The Balaban J connectivity index is 0. The van der Waals surface area contributed by atoms with E-state index < -0.39 is 0 Å². The first kappa shape index (κ1) is 23.7. The molecule has 0 aliphatic heterocycles. The third kappa shape index (κ3) is 9.67. The summed E-state index contributed by atoms with van der Waals surface area (Å²) < 4.78 is 0. The number of rotatable bonds is 0. The van der Waals surface area contributed by atoms with E-state index in [0.29, 0.717) is 0 Å². The molecule has 4 heavy (non-hydrogen) atoms. The van der Waals surface area contributed by atoms with Gasteiger partial charge in [0.1, 0.15) is 0 Å². The summed E-state index contributed by atoms with van der Waals surface area (Å²) in [6.45, 7) is 0. The Morgan fingerprint density at radius 1 is 1.00 bits per heavy atom. The molecular formula is CeLaMgY. The third-order valence-electron chi connectivity index (χ3n) is 0. The van der Waals surface area contributed by atoms with E-state index >= 15 is 0 Å². The second-order valence-corrected chi connectivity index (χ2v) is 0. The van der Waals surface area contributed by atoms with Crippen LogP contribution in [0.15, 0.2) is 0 Å². The maximum Gasteiger partial charge on any atom is 0 e. The van der Waals surface area contributed by atoms with Gasteiger partial charge in [0.2, 0.25) is 0 Å². The summed E-state index contributed by atoms with van der Waals surface area (Å²) in [5.74, 6) is 0. The second-order valence-electron chi connectivity index (χ2n) is 0. The zero-order valence-corrected chi connectivity index (χ0v) is 13.4. The Kier molecular flexibility index (Phi) is 92.7. The van der Waals surface area contributed by atoms with E-state index in [1.807, 2.05) is 0 Å². The van der Waals surface area contributed by atoms with Crippen molar-refractivity contribution in [3.8, 4) is 0 Å². The first-order chi connectivity index (χ1) is 0. The van der Waals surface area contributed by atoms with Crippen molar-refractivity contribution in [2.45, 2.75) is 0 Å². The first-order valence-corrected chi connectivity index (χ1v) is 0. The SMILES string of the molecule is [Ce].[La].[Mg].[Y]. The molecule has 12 valence electrons. The summed E-state index contributed by atoms with van der Waals surface area (Å²) in [5.41, 5.74) is 0. The van der Waals surface area contributed by atoms with E-state index in [2.05, 4.69) is 0 Å². The van der Waals surface area contributed by atoms with Crippen LogP contribution in [0.3, 0.4) is 0 Å². The molecule has 0 spiro atoms. The van der Waals surface area contributed by atoms with Crippen LogP contribution in [0.4, 0.5) is 0 Å². The molecule has 0 heterocycles. The van der Waals surface area contributed by atoms with Crippen molar-refractivity contribution in [2.75, 3.05) is 0 Å². The van der Waals surface area contributed by atoms with Crippen LogP contribution in [0.5, 0.6) is 0 Å². The predicted molar refractivity (Wildman–Crippen MR) is 5.75 cm³/mol. The van der Waals surface area contributed by atoms with Gasteiger partial charge in [-0.05, 0) is 0 Å². The van der Waals surface area contributed by atoms with E-state index in [0.717, 1.165) is 0 Å². The van der Waals surface area contributed by atoms with Crippen molar-refractivity contribution in [2.24, 2.45) is 0 Å². The Hall–Kier alpha value is 4.44. The molecule has 0 aromatic heterocycles. The van der Waals surface area contributed by atoms with Crippen molar-refractivity contribution in [3.63, 3.8) is 0 Å². The van der Waals surface area contributed by atoms with Crippen molar-refractivity contribution >= 4 is 23.1 Å². The minimum Gasteiger partial charge on any atom is 0 e. The van der Waals surface area contributed by atoms with Crippen molar-refractivity contribution in [3.05, 3.63) is 0 Å². The van der Waals surface area contributed by atoms with Crippen LogP contribution in [0.1, 0.15) is 0 Å². The van der Waals surface area contributed by atoms with Gasteiger partial charge in [-0.15, -0.1) is 0 Å². The van der Waals surface area contributed by atoms with E-state index in [4.69, 9.17) is 0 Å². The monoisotopic (exact) mass is 392 g/mol. The fourth-order valence-electron chi connectivity index (χ4n) is 0. The van der Waals surface area contributed by atoms with Gasteiger partial charge in [-0.2, -0.15) is 0 Å². The average molecular weight is 392 g/mol. The maximum absolute atomic E-state index is 0. The number of hydrogen-bond acceptors (Lipinski definition) is 0. The van der Waals surface area contributed by atoms with Gasteiger partial charge in [0.15, 0.2) is 0 Å². The van der Waals surface area contributed by atoms with Gasteiger partial charge in [0.05, 0.1) is 0 Å². The van der Waals surface area contributed by atoms with Crippen molar-refractivity contribution in [1.82, 2.24) is 0 Å². The molecule has 0 aromatic rings. The van der Waals surface area contributed by atoms with Crippen LogP contribution in [0.25, 0.3) is 0 Å². The van der Waals surface area contributed by atoms with Crippen LogP contribution < -0.4 is 0 Å². The molecule has 0 atom stereocenters. The zero-order valence-electron chi connectivity index (χ0n) is 2.36. The molecule has 0 N–H and O–H groups in total. The standard InChI is InChI=1S/Ce.La.Mg.Y. The van der Waals surface area contributed by atoms with Gasteiger partial charge in [-0.1, -0.05) is 0 Å². The summed E-state index contributed by atoms with van der Waals surface area (Å²) in [6.07, 6.45) is 0. The van der Waals surface area contributed by atoms with Gasteiger partial charge in [-0.3, -0.25) is 0 Å². The average Bonchev–Trinajstić information content (AvgIpc) is 0. The summed E-state index contributed by atoms with van der Waals surface area (Å²) in [5, 5.41) is 0. The van der Waals surface area contributed by atoms with Crippen LogP contribution >= 0.6 is 0 Å². The van der Waals surface area contributed by atoms with Crippen LogP contribution in [0.2, 0.25) is 0 Å². The molecule has 0 saturated carbocycles. The van der Waals surface area contributed by atoms with E-state index in [9.17, 15) is 0 Å². The largest absolute Gasteiger partial charge is 0 e. The molecule has 0 unspecified atom stereocenters. The van der Waals surface area contributed by atoms with E-state index in [-0.39, 0.29) is 133 Å². The molecule has 0 bridgehead atoms. The zero-order chi connectivity index (χ0) is 0. The summed E-state index contributed by atoms with van der Waals surface area (Å²) in [7, 11) is 0. The van der Waals surface area contributed by atoms with Crippen molar-refractivity contribution in [1.29, 1.82) is 0 Å².